The number of benzene rings is 1. The second-order valence-corrected chi connectivity index (χ2v) is 3.87. The molecule has 0 bridgehead atoms. The molecule has 0 aliphatic carbocycles. The maximum atomic E-state index is 4.39. The van der Waals surface area contributed by atoms with E-state index in [2.05, 4.69) is 36.7 Å². The van der Waals surface area contributed by atoms with Gasteiger partial charge in [-0.2, -0.15) is 0 Å². The van der Waals surface area contributed by atoms with E-state index >= 15 is 0 Å². The SMILES string of the molecule is C=CCc1cc(C)ccc1-c1ccccn1. The number of rotatable bonds is 3. The molecule has 0 saturated carbocycles. The van der Waals surface area contributed by atoms with E-state index < -0.39 is 0 Å². The third kappa shape index (κ3) is 2.19. The molecule has 2 aromatic rings. The van der Waals surface area contributed by atoms with Gasteiger partial charge in [-0.05, 0) is 31.0 Å². The lowest BCUT2D eigenvalue weighted by molar-refractivity contribution is 1.23. The van der Waals surface area contributed by atoms with Crippen molar-refractivity contribution in [1.29, 1.82) is 0 Å². The highest BCUT2D eigenvalue weighted by atomic mass is 14.7. The van der Waals surface area contributed by atoms with E-state index in [-0.39, 0.29) is 0 Å². The molecule has 0 atom stereocenters. The third-order valence-corrected chi connectivity index (χ3v) is 2.57. The largest absolute Gasteiger partial charge is 0.256 e. The minimum absolute atomic E-state index is 0.883. The zero-order valence-corrected chi connectivity index (χ0v) is 9.48. The van der Waals surface area contributed by atoms with E-state index in [0.29, 0.717) is 0 Å². The number of nitrogens with zero attached hydrogens (tertiary/aromatic N) is 1. The molecule has 80 valence electrons. The van der Waals surface area contributed by atoms with Crippen molar-refractivity contribution >= 4 is 0 Å². The fraction of sp³-hybridized carbons (Fsp3) is 0.133. The van der Waals surface area contributed by atoms with E-state index in [1.807, 2.05) is 30.5 Å². The number of aromatic nitrogens is 1. The van der Waals surface area contributed by atoms with Crippen LogP contribution in [-0.4, -0.2) is 4.98 Å². The highest BCUT2D eigenvalue weighted by Gasteiger charge is 2.04. The fourth-order valence-electron chi connectivity index (χ4n) is 1.82. The van der Waals surface area contributed by atoms with E-state index in [4.69, 9.17) is 0 Å². The summed E-state index contributed by atoms with van der Waals surface area (Å²) in [5.74, 6) is 0. The summed E-state index contributed by atoms with van der Waals surface area (Å²) < 4.78 is 0. The average Bonchev–Trinajstić information content (AvgIpc) is 2.31. The lowest BCUT2D eigenvalue weighted by Gasteiger charge is -2.08. The molecule has 1 nitrogen and oxygen atoms in total. The molecule has 1 aromatic heterocycles. The Morgan fingerprint density at radius 3 is 2.81 bits per heavy atom. The van der Waals surface area contributed by atoms with Crippen molar-refractivity contribution in [3.8, 4) is 11.3 Å². The summed E-state index contributed by atoms with van der Waals surface area (Å²) in [7, 11) is 0. The van der Waals surface area contributed by atoms with E-state index in [1.165, 1.54) is 16.7 Å². The monoisotopic (exact) mass is 209 g/mol. The van der Waals surface area contributed by atoms with Crippen LogP contribution < -0.4 is 0 Å². The molecule has 2 rings (SSSR count). The number of aryl methyl sites for hydroxylation is 1. The number of hydrogen-bond donors (Lipinski definition) is 0. The molecule has 16 heavy (non-hydrogen) atoms. The van der Waals surface area contributed by atoms with E-state index in [1.54, 1.807) is 0 Å². The van der Waals surface area contributed by atoms with E-state index in [0.717, 1.165) is 12.1 Å². The highest BCUT2D eigenvalue weighted by Crippen LogP contribution is 2.23. The summed E-state index contributed by atoms with van der Waals surface area (Å²) in [6, 6.07) is 12.4. The molecule has 0 aliphatic heterocycles. The zero-order valence-electron chi connectivity index (χ0n) is 9.48. The van der Waals surface area contributed by atoms with Crippen molar-refractivity contribution in [1.82, 2.24) is 4.98 Å². The summed E-state index contributed by atoms with van der Waals surface area (Å²) in [5, 5.41) is 0. The molecular weight excluding hydrogens is 194 g/mol. The molecule has 0 fully saturated rings. The molecule has 0 aliphatic rings. The highest BCUT2D eigenvalue weighted by molar-refractivity contribution is 5.64. The standard InChI is InChI=1S/C15H15N/c1-3-6-13-11-12(2)8-9-14(13)15-7-4-5-10-16-15/h3-5,7-11H,1,6H2,2H3. The van der Waals surface area contributed by atoms with Crippen LogP contribution in [0.25, 0.3) is 11.3 Å². The summed E-state index contributed by atoms with van der Waals surface area (Å²) in [4.78, 5) is 4.39. The maximum absolute atomic E-state index is 4.39. The van der Waals surface area contributed by atoms with Crippen LogP contribution in [0.3, 0.4) is 0 Å². The van der Waals surface area contributed by atoms with Crippen molar-refractivity contribution < 1.29 is 0 Å². The molecule has 0 saturated heterocycles. The summed E-state index contributed by atoms with van der Waals surface area (Å²) in [6.07, 6.45) is 4.64. The molecule has 0 amide bonds. The van der Waals surface area contributed by atoms with Gasteiger partial charge < -0.3 is 0 Å². The van der Waals surface area contributed by atoms with Gasteiger partial charge in [-0.1, -0.05) is 35.9 Å². The molecule has 1 heteroatoms. The summed E-state index contributed by atoms with van der Waals surface area (Å²) in [6.45, 7) is 5.91. The van der Waals surface area contributed by atoms with Gasteiger partial charge in [0.2, 0.25) is 0 Å². The minimum atomic E-state index is 0.883. The van der Waals surface area contributed by atoms with Gasteiger partial charge >= 0.3 is 0 Å². The Morgan fingerprint density at radius 2 is 2.12 bits per heavy atom. The molecule has 0 N–H and O–H groups in total. The Kier molecular flexibility index (Phi) is 3.16. The average molecular weight is 209 g/mol. The molecular formula is C15H15N. The molecule has 0 unspecified atom stereocenters. The Labute approximate surface area is 96.5 Å². The van der Waals surface area contributed by atoms with E-state index in [9.17, 15) is 0 Å². The Hall–Kier alpha value is -1.89. The summed E-state index contributed by atoms with van der Waals surface area (Å²) >= 11 is 0. The van der Waals surface area contributed by atoms with Gasteiger partial charge in [-0.15, -0.1) is 6.58 Å². The molecule has 1 heterocycles. The van der Waals surface area contributed by atoms with Gasteiger partial charge in [0.1, 0.15) is 0 Å². The molecule has 0 radical (unpaired) electrons. The lowest BCUT2D eigenvalue weighted by Crippen LogP contribution is -1.91. The van der Waals surface area contributed by atoms with Crippen LogP contribution in [0.5, 0.6) is 0 Å². The van der Waals surface area contributed by atoms with Crippen LogP contribution in [0, 0.1) is 6.92 Å². The van der Waals surface area contributed by atoms with Crippen molar-refractivity contribution in [3.05, 3.63) is 66.4 Å². The smallest absolute Gasteiger partial charge is 0.0704 e. The van der Waals surface area contributed by atoms with Gasteiger partial charge in [-0.25, -0.2) is 0 Å². The first kappa shape index (κ1) is 10.6. The van der Waals surface area contributed by atoms with Gasteiger partial charge in [0.05, 0.1) is 5.69 Å². The number of pyridine rings is 1. The first-order chi connectivity index (χ1) is 7.81. The molecule has 0 spiro atoms. The Balaban J connectivity index is 2.51. The van der Waals surface area contributed by atoms with Crippen molar-refractivity contribution in [2.75, 3.05) is 0 Å². The van der Waals surface area contributed by atoms with Crippen molar-refractivity contribution in [2.24, 2.45) is 0 Å². The van der Waals surface area contributed by atoms with Crippen LogP contribution in [0.15, 0.2) is 55.3 Å². The van der Waals surface area contributed by atoms with Gasteiger partial charge in [0, 0.05) is 11.8 Å². The van der Waals surface area contributed by atoms with Crippen molar-refractivity contribution in [3.63, 3.8) is 0 Å². The van der Waals surface area contributed by atoms with Crippen LogP contribution in [-0.2, 0) is 6.42 Å². The van der Waals surface area contributed by atoms with Crippen molar-refractivity contribution in [2.45, 2.75) is 13.3 Å². The van der Waals surface area contributed by atoms with Crippen LogP contribution in [0.2, 0.25) is 0 Å². The third-order valence-electron chi connectivity index (χ3n) is 2.57. The first-order valence-corrected chi connectivity index (χ1v) is 5.43. The van der Waals surface area contributed by atoms with Gasteiger partial charge in [-0.3, -0.25) is 4.98 Å². The van der Waals surface area contributed by atoms with Crippen LogP contribution in [0.1, 0.15) is 11.1 Å². The zero-order chi connectivity index (χ0) is 11.4. The quantitative estimate of drug-likeness (QED) is 0.701. The number of hydrogen-bond acceptors (Lipinski definition) is 1. The second kappa shape index (κ2) is 4.75. The van der Waals surface area contributed by atoms with Crippen LogP contribution >= 0.6 is 0 Å². The van der Waals surface area contributed by atoms with Gasteiger partial charge in [0.15, 0.2) is 0 Å². The van der Waals surface area contributed by atoms with Gasteiger partial charge in [0.25, 0.3) is 0 Å². The predicted octanol–water partition coefficient (Wildman–Crippen LogP) is 3.79. The predicted molar refractivity (Wildman–Crippen MR) is 68.3 cm³/mol. The maximum Gasteiger partial charge on any atom is 0.0704 e. The normalized spacial score (nSPS) is 10.1. The molecule has 1 aromatic carbocycles. The first-order valence-electron chi connectivity index (χ1n) is 5.43. The Morgan fingerprint density at radius 1 is 1.25 bits per heavy atom. The lowest BCUT2D eigenvalue weighted by atomic mass is 9.99. The minimum Gasteiger partial charge on any atom is -0.256 e. The second-order valence-electron chi connectivity index (χ2n) is 3.87. The summed E-state index contributed by atoms with van der Waals surface area (Å²) in [5.41, 5.74) is 4.79. The Bertz CT molecular complexity index is 486. The fourth-order valence-corrected chi connectivity index (χ4v) is 1.82. The topological polar surface area (TPSA) is 12.9 Å². The number of allylic oxidation sites excluding steroid dienone is 1. The van der Waals surface area contributed by atoms with Crippen LogP contribution in [0.4, 0.5) is 0 Å².